The Bertz CT molecular complexity index is 1300. The third kappa shape index (κ3) is 3.97. The molecule has 1 N–H and O–H groups in total. The number of rotatable bonds is 1. The summed E-state index contributed by atoms with van der Waals surface area (Å²) >= 11 is 0. The van der Waals surface area contributed by atoms with Gasteiger partial charge < -0.3 is 14.6 Å². The number of halogens is 3. The molecular formula is C23H24F3N4O2P. The minimum atomic E-state index is -4.53. The SMILES string of the molecule is C[C@H]1Nc2nc(nc3cnc(P(C)(C)=O)cc23)C2(CCOc3c1cccc3C(F)(F)F)CC2. The average Bonchev–Trinajstić information content (AvgIpc) is 3.52. The molecule has 3 heterocycles. The van der Waals surface area contributed by atoms with Gasteiger partial charge in [0.15, 0.2) is 0 Å². The zero-order chi connectivity index (χ0) is 23.6. The fraction of sp³-hybridized carbons (Fsp3) is 0.435. The lowest BCUT2D eigenvalue weighted by molar-refractivity contribution is -0.139. The van der Waals surface area contributed by atoms with Gasteiger partial charge in [0.05, 0.1) is 29.9 Å². The van der Waals surface area contributed by atoms with E-state index in [1.165, 1.54) is 6.07 Å². The first-order valence-electron chi connectivity index (χ1n) is 10.8. The van der Waals surface area contributed by atoms with E-state index in [0.29, 0.717) is 40.0 Å². The summed E-state index contributed by atoms with van der Waals surface area (Å²) in [4.78, 5) is 13.9. The third-order valence-corrected chi connectivity index (χ3v) is 7.79. The lowest BCUT2D eigenvalue weighted by Crippen LogP contribution is -2.18. The van der Waals surface area contributed by atoms with Crippen LogP contribution in [0.4, 0.5) is 19.0 Å². The first-order valence-corrected chi connectivity index (χ1v) is 13.4. The molecule has 10 heteroatoms. The second-order valence-corrected chi connectivity index (χ2v) is 12.4. The first-order chi connectivity index (χ1) is 15.5. The number of nitrogens with one attached hydrogen (secondary N) is 1. The van der Waals surface area contributed by atoms with E-state index in [0.717, 1.165) is 18.9 Å². The molecule has 2 aliphatic rings. The summed E-state index contributed by atoms with van der Waals surface area (Å²) in [5.41, 5.74) is 0.355. The Morgan fingerprint density at radius 2 is 1.94 bits per heavy atom. The van der Waals surface area contributed by atoms with E-state index in [4.69, 9.17) is 14.7 Å². The Morgan fingerprint density at radius 3 is 2.61 bits per heavy atom. The van der Waals surface area contributed by atoms with Crippen LogP contribution in [0.15, 0.2) is 30.5 Å². The molecule has 1 fully saturated rings. The van der Waals surface area contributed by atoms with Crippen molar-refractivity contribution in [2.45, 2.75) is 43.8 Å². The number of fused-ring (bicyclic) bond motifs is 6. The topological polar surface area (TPSA) is 77.0 Å². The Labute approximate surface area is 189 Å². The third-order valence-electron chi connectivity index (χ3n) is 6.44. The number of nitrogens with zero attached hydrogens (tertiary/aromatic N) is 3. The Hall–Kier alpha value is -2.67. The van der Waals surface area contributed by atoms with E-state index < -0.39 is 24.9 Å². The summed E-state index contributed by atoms with van der Waals surface area (Å²) in [6.07, 6.45) is -0.725. The van der Waals surface area contributed by atoms with Gasteiger partial charge in [0.25, 0.3) is 0 Å². The van der Waals surface area contributed by atoms with Gasteiger partial charge in [-0.2, -0.15) is 13.2 Å². The maximum atomic E-state index is 13.8. The van der Waals surface area contributed by atoms with Crippen molar-refractivity contribution in [2.75, 3.05) is 25.3 Å². The zero-order valence-corrected chi connectivity index (χ0v) is 19.4. The van der Waals surface area contributed by atoms with E-state index in [-0.39, 0.29) is 17.8 Å². The molecule has 2 bridgehead atoms. The quantitative estimate of drug-likeness (QED) is 0.482. The fourth-order valence-corrected chi connectivity index (χ4v) is 5.09. The van der Waals surface area contributed by atoms with Crippen LogP contribution in [0, 0.1) is 0 Å². The molecule has 0 amide bonds. The number of ether oxygens (including phenoxy) is 1. The van der Waals surface area contributed by atoms with Gasteiger partial charge in [-0.25, -0.2) is 9.97 Å². The predicted octanol–water partition coefficient (Wildman–Crippen LogP) is 5.28. The smallest absolute Gasteiger partial charge is 0.419 e. The predicted molar refractivity (Wildman–Crippen MR) is 121 cm³/mol. The van der Waals surface area contributed by atoms with Crippen LogP contribution in [0.1, 0.15) is 49.2 Å². The van der Waals surface area contributed by atoms with Gasteiger partial charge in [0.1, 0.15) is 30.0 Å². The molecule has 6 nitrogen and oxygen atoms in total. The van der Waals surface area contributed by atoms with Gasteiger partial charge in [-0.3, -0.25) is 4.98 Å². The monoisotopic (exact) mass is 476 g/mol. The molecule has 0 saturated heterocycles. The number of anilines is 1. The molecular weight excluding hydrogens is 452 g/mol. The molecule has 3 aromatic rings. The van der Waals surface area contributed by atoms with Gasteiger partial charge >= 0.3 is 6.18 Å². The Kier molecular flexibility index (Phi) is 4.98. The molecule has 33 heavy (non-hydrogen) atoms. The molecule has 1 atom stereocenters. The van der Waals surface area contributed by atoms with Crippen LogP contribution in [0.5, 0.6) is 5.75 Å². The van der Waals surface area contributed by atoms with Crippen molar-refractivity contribution in [3.05, 3.63) is 47.4 Å². The van der Waals surface area contributed by atoms with Crippen LogP contribution in [-0.2, 0) is 16.2 Å². The van der Waals surface area contributed by atoms with Gasteiger partial charge in [-0.1, -0.05) is 12.1 Å². The summed E-state index contributed by atoms with van der Waals surface area (Å²) < 4.78 is 59.7. The largest absolute Gasteiger partial charge is 0.493 e. The second-order valence-electron chi connectivity index (χ2n) is 9.27. The minimum absolute atomic E-state index is 0.135. The summed E-state index contributed by atoms with van der Waals surface area (Å²) in [7, 11) is -2.63. The van der Waals surface area contributed by atoms with Crippen LogP contribution < -0.4 is 15.5 Å². The number of hydrogen-bond acceptors (Lipinski definition) is 6. The molecule has 5 rings (SSSR count). The van der Waals surface area contributed by atoms with E-state index in [2.05, 4.69) is 10.3 Å². The molecule has 1 spiro atoms. The van der Waals surface area contributed by atoms with E-state index in [1.54, 1.807) is 38.6 Å². The number of para-hydroxylation sites is 1. The fourth-order valence-electron chi connectivity index (χ4n) is 4.31. The second kappa shape index (κ2) is 7.42. The van der Waals surface area contributed by atoms with E-state index in [9.17, 15) is 17.7 Å². The molecule has 174 valence electrons. The van der Waals surface area contributed by atoms with Crippen molar-refractivity contribution in [3.8, 4) is 5.75 Å². The van der Waals surface area contributed by atoms with Gasteiger partial charge in [0.2, 0.25) is 0 Å². The molecule has 1 aliphatic carbocycles. The number of aromatic nitrogens is 3. The molecule has 0 unspecified atom stereocenters. The summed E-state index contributed by atoms with van der Waals surface area (Å²) in [6, 6.07) is 5.26. The van der Waals surface area contributed by atoms with Crippen molar-refractivity contribution in [1.29, 1.82) is 0 Å². The van der Waals surface area contributed by atoms with Crippen LogP contribution in [0.25, 0.3) is 10.9 Å². The maximum absolute atomic E-state index is 13.8. The van der Waals surface area contributed by atoms with Crippen molar-refractivity contribution < 1.29 is 22.5 Å². The highest BCUT2D eigenvalue weighted by atomic mass is 31.2. The Morgan fingerprint density at radius 1 is 1.18 bits per heavy atom. The first kappa shape index (κ1) is 22.1. The van der Waals surface area contributed by atoms with Crippen LogP contribution in [-0.4, -0.2) is 34.9 Å². The highest BCUT2D eigenvalue weighted by Gasteiger charge is 2.47. The molecule has 1 saturated carbocycles. The molecule has 1 aromatic carbocycles. The van der Waals surface area contributed by atoms with E-state index in [1.807, 2.05) is 0 Å². The normalized spacial score (nSPS) is 19.9. The number of hydrogen-bond donors (Lipinski definition) is 1. The summed E-state index contributed by atoms with van der Waals surface area (Å²) in [5, 5.41) is 3.93. The molecule has 0 radical (unpaired) electrons. The standard InChI is InChI=1S/C23H24F3N4O2P/c1-13-14-5-4-6-16(23(24,25)26)19(14)32-10-9-22(7-8-22)21-29-17-12-27-18(33(2,3)31)11-15(17)20(28-13)30-21/h4-6,11-13H,7-10H2,1-3H3,(H,28,29,30)/t13-/m1/s1. The minimum Gasteiger partial charge on any atom is -0.493 e. The number of pyridine rings is 1. The van der Waals surface area contributed by atoms with Gasteiger partial charge in [-0.05, 0) is 51.6 Å². The zero-order valence-electron chi connectivity index (χ0n) is 18.5. The number of alkyl halides is 3. The van der Waals surface area contributed by atoms with E-state index >= 15 is 0 Å². The lowest BCUT2D eigenvalue weighted by Gasteiger charge is -2.22. The molecule has 2 aromatic heterocycles. The summed E-state index contributed by atoms with van der Waals surface area (Å²) in [5.74, 6) is 0.985. The maximum Gasteiger partial charge on any atom is 0.419 e. The van der Waals surface area contributed by atoms with Crippen LogP contribution in [0.2, 0.25) is 0 Å². The van der Waals surface area contributed by atoms with Crippen molar-refractivity contribution in [3.63, 3.8) is 0 Å². The van der Waals surface area contributed by atoms with Crippen molar-refractivity contribution >= 4 is 29.3 Å². The van der Waals surface area contributed by atoms with Crippen molar-refractivity contribution in [2.24, 2.45) is 0 Å². The van der Waals surface area contributed by atoms with Crippen LogP contribution >= 0.6 is 7.14 Å². The molecule has 1 aliphatic heterocycles. The summed E-state index contributed by atoms with van der Waals surface area (Å²) in [6.45, 7) is 5.18. The highest BCUT2D eigenvalue weighted by Crippen LogP contribution is 2.51. The van der Waals surface area contributed by atoms with Crippen LogP contribution in [0.3, 0.4) is 0 Å². The van der Waals surface area contributed by atoms with Gasteiger partial charge in [0, 0.05) is 16.4 Å². The lowest BCUT2D eigenvalue weighted by atomic mass is 10.0. The number of benzene rings is 1. The average molecular weight is 476 g/mol. The van der Waals surface area contributed by atoms with Crippen molar-refractivity contribution in [1.82, 2.24) is 15.0 Å². The highest BCUT2D eigenvalue weighted by molar-refractivity contribution is 7.69. The Balaban J connectivity index is 1.70. The van der Waals surface area contributed by atoms with Gasteiger partial charge in [-0.15, -0.1) is 0 Å².